The lowest BCUT2D eigenvalue weighted by Crippen LogP contribution is -2.25. The summed E-state index contributed by atoms with van der Waals surface area (Å²) in [4.78, 5) is 0. The molecule has 0 saturated heterocycles. The minimum Gasteiger partial charge on any atom is -0.327 e. The van der Waals surface area contributed by atoms with Crippen LogP contribution in [0.25, 0.3) is 0 Å². The second-order valence-corrected chi connectivity index (χ2v) is 5.30. The van der Waals surface area contributed by atoms with Crippen LogP contribution in [0.4, 0.5) is 0 Å². The van der Waals surface area contributed by atoms with E-state index < -0.39 is 0 Å². The van der Waals surface area contributed by atoms with Gasteiger partial charge in [0.15, 0.2) is 0 Å². The van der Waals surface area contributed by atoms with Crippen molar-refractivity contribution in [1.29, 1.82) is 0 Å². The molecule has 0 bridgehead atoms. The quantitative estimate of drug-likeness (QED) is 0.896. The second kappa shape index (κ2) is 6.24. The maximum Gasteiger partial charge on any atom is 0.0408 e. The molecule has 0 fully saturated rings. The van der Waals surface area contributed by atoms with E-state index in [2.05, 4.69) is 0 Å². The highest BCUT2D eigenvalue weighted by atomic mass is 35.5. The number of hydrogen-bond acceptors (Lipinski definition) is 1. The minimum atomic E-state index is 0.0712. The molecule has 2 N–H and O–H groups in total. The van der Waals surface area contributed by atoms with Gasteiger partial charge in [-0.15, -0.1) is 0 Å². The zero-order chi connectivity index (χ0) is 13.0. The molecule has 2 rings (SSSR count). The van der Waals surface area contributed by atoms with Gasteiger partial charge in [0.1, 0.15) is 0 Å². The van der Waals surface area contributed by atoms with Gasteiger partial charge in [0, 0.05) is 16.1 Å². The van der Waals surface area contributed by atoms with Crippen LogP contribution in [0, 0.1) is 0 Å². The van der Waals surface area contributed by atoms with Crippen molar-refractivity contribution < 1.29 is 0 Å². The molecule has 0 aromatic heterocycles. The van der Waals surface area contributed by atoms with E-state index in [1.165, 1.54) is 0 Å². The Kier molecular flexibility index (Phi) is 4.65. The van der Waals surface area contributed by atoms with Gasteiger partial charge in [-0.2, -0.15) is 0 Å². The van der Waals surface area contributed by atoms with Gasteiger partial charge in [-0.1, -0.05) is 47.5 Å². The number of halogens is 2. The van der Waals surface area contributed by atoms with Crippen LogP contribution in [-0.4, -0.2) is 6.04 Å². The smallest absolute Gasteiger partial charge is 0.0408 e. The lowest BCUT2D eigenvalue weighted by molar-refractivity contribution is 0.665. The van der Waals surface area contributed by atoms with Gasteiger partial charge < -0.3 is 5.73 Å². The predicted octanol–water partition coefficient (Wildman–Crippen LogP) is 4.11. The zero-order valence-corrected chi connectivity index (χ0v) is 11.5. The van der Waals surface area contributed by atoms with Crippen LogP contribution in [0.15, 0.2) is 48.5 Å². The molecule has 94 valence electrons. The fraction of sp³-hybridized carbons (Fsp3) is 0.200. The number of hydrogen-bond donors (Lipinski definition) is 1. The average molecular weight is 280 g/mol. The summed E-state index contributed by atoms with van der Waals surface area (Å²) in [6.45, 7) is 0. The molecule has 0 spiro atoms. The first-order chi connectivity index (χ1) is 8.63. The van der Waals surface area contributed by atoms with Crippen LogP contribution < -0.4 is 5.73 Å². The normalized spacial score (nSPS) is 10.9. The molecule has 2 aromatic rings. The second-order valence-electron chi connectivity index (χ2n) is 4.43. The van der Waals surface area contributed by atoms with Gasteiger partial charge in [0.2, 0.25) is 0 Å². The van der Waals surface area contributed by atoms with Crippen molar-refractivity contribution in [2.24, 2.45) is 5.73 Å². The van der Waals surface area contributed by atoms with Gasteiger partial charge >= 0.3 is 0 Å². The third-order valence-corrected chi connectivity index (χ3v) is 3.24. The van der Waals surface area contributed by atoms with Crippen LogP contribution >= 0.6 is 23.2 Å². The summed E-state index contributed by atoms with van der Waals surface area (Å²) >= 11 is 11.9. The molecule has 0 amide bonds. The number of nitrogens with two attached hydrogens (primary N) is 1. The molecule has 3 heteroatoms. The van der Waals surface area contributed by atoms with Crippen molar-refractivity contribution in [1.82, 2.24) is 0 Å². The highest BCUT2D eigenvalue weighted by Gasteiger charge is 2.06. The van der Waals surface area contributed by atoms with Crippen LogP contribution in [-0.2, 0) is 12.8 Å². The monoisotopic (exact) mass is 279 g/mol. The Balaban J connectivity index is 1.98. The lowest BCUT2D eigenvalue weighted by atomic mass is 10.00. The van der Waals surface area contributed by atoms with Gasteiger partial charge in [-0.05, 0) is 48.2 Å². The Morgan fingerprint density at radius 1 is 0.833 bits per heavy atom. The molecule has 1 nitrogen and oxygen atoms in total. The number of benzene rings is 2. The Morgan fingerprint density at radius 3 is 1.67 bits per heavy atom. The fourth-order valence-electron chi connectivity index (χ4n) is 2.01. The first-order valence-corrected chi connectivity index (χ1v) is 6.63. The highest BCUT2D eigenvalue weighted by Crippen LogP contribution is 2.15. The SMILES string of the molecule is NC(Cc1cccc(Cl)c1)Cc1cccc(Cl)c1. The molecule has 0 atom stereocenters. The molecule has 0 aliphatic heterocycles. The van der Waals surface area contributed by atoms with Crippen LogP contribution in [0.1, 0.15) is 11.1 Å². The standard InChI is InChI=1S/C15H15Cl2N/c16-13-5-1-3-11(7-13)9-15(18)10-12-4-2-6-14(17)8-12/h1-8,15H,9-10,18H2. The maximum atomic E-state index is 6.15. The topological polar surface area (TPSA) is 26.0 Å². The van der Waals surface area contributed by atoms with Crippen LogP contribution in [0.3, 0.4) is 0 Å². The maximum absolute atomic E-state index is 6.15. The molecule has 0 aliphatic carbocycles. The predicted molar refractivity (Wildman–Crippen MR) is 78.3 cm³/mol. The van der Waals surface area contributed by atoms with Crippen molar-refractivity contribution >= 4 is 23.2 Å². The Morgan fingerprint density at radius 2 is 1.28 bits per heavy atom. The largest absolute Gasteiger partial charge is 0.327 e. The summed E-state index contributed by atoms with van der Waals surface area (Å²) in [5.74, 6) is 0. The van der Waals surface area contributed by atoms with Gasteiger partial charge in [-0.3, -0.25) is 0 Å². The minimum absolute atomic E-state index is 0.0712. The van der Waals surface area contributed by atoms with E-state index in [0.29, 0.717) is 0 Å². The molecule has 2 aromatic carbocycles. The summed E-state index contributed by atoms with van der Waals surface area (Å²) in [6.07, 6.45) is 1.63. The highest BCUT2D eigenvalue weighted by molar-refractivity contribution is 6.30. The van der Waals surface area contributed by atoms with Gasteiger partial charge in [0.05, 0.1) is 0 Å². The van der Waals surface area contributed by atoms with E-state index in [9.17, 15) is 0 Å². The molecule has 0 aliphatic rings. The van der Waals surface area contributed by atoms with Crippen molar-refractivity contribution in [3.8, 4) is 0 Å². The Bertz CT molecular complexity index is 478. The third kappa shape index (κ3) is 4.02. The van der Waals surface area contributed by atoms with Gasteiger partial charge in [-0.25, -0.2) is 0 Å². The lowest BCUT2D eigenvalue weighted by Gasteiger charge is -2.12. The Hall–Kier alpha value is -1.02. The Labute approximate surface area is 118 Å². The average Bonchev–Trinajstić information content (AvgIpc) is 2.28. The molecule has 0 unspecified atom stereocenters. The third-order valence-electron chi connectivity index (χ3n) is 2.77. The summed E-state index contributed by atoms with van der Waals surface area (Å²) in [6, 6.07) is 15.7. The first kappa shape index (κ1) is 13.4. The zero-order valence-electron chi connectivity index (χ0n) is 9.94. The van der Waals surface area contributed by atoms with Crippen LogP contribution in [0.5, 0.6) is 0 Å². The van der Waals surface area contributed by atoms with Crippen molar-refractivity contribution in [2.75, 3.05) is 0 Å². The molecule has 0 heterocycles. The first-order valence-electron chi connectivity index (χ1n) is 5.88. The van der Waals surface area contributed by atoms with E-state index in [0.717, 1.165) is 34.0 Å². The van der Waals surface area contributed by atoms with E-state index in [4.69, 9.17) is 28.9 Å². The van der Waals surface area contributed by atoms with Crippen molar-refractivity contribution in [2.45, 2.75) is 18.9 Å². The van der Waals surface area contributed by atoms with E-state index in [-0.39, 0.29) is 6.04 Å². The summed E-state index contributed by atoms with van der Waals surface area (Å²) in [5, 5.41) is 1.50. The van der Waals surface area contributed by atoms with Crippen LogP contribution in [0.2, 0.25) is 10.0 Å². The molecular formula is C15H15Cl2N. The van der Waals surface area contributed by atoms with E-state index in [1.54, 1.807) is 0 Å². The molecular weight excluding hydrogens is 265 g/mol. The van der Waals surface area contributed by atoms with Crippen molar-refractivity contribution in [3.05, 3.63) is 69.7 Å². The van der Waals surface area contributed by atoms with E-state index >= 15 is 0 Å². The molecule has 0 radical (unpaired) electrons. The number of rotatable bonds is 4. The van der Waals surface area contributed by atoms with Crippen molar-refractivity contribution in [3.63, 3.8) is 0 Å². The van der Waals surface area contributed by atoms with E-state index in [1.807, 2.05) is 48.5 Å². The fourth-order valence-corrected chi connectivity index (χ4v) is 2.43. The molecule has 0 saturated carbocycles. The summed E-state index contributed by atoms with van der Waals surface area (Å²) in [5.41, 5.74) is 8.48. The summed E-state index contributed by atoms with van der Waals surface area (Å²) in [7, 11) is 0. The van der Waals surface area contributed by atoms with Gasteiger partial charge in [0.25, 0.3) is 0 Å². The summed E-state index contributed by atoms with van der Waals surface area (Å²) < 4.78 is 0. The molecule has 18 heavy (non-hydrogen) atoms.